The molecule has 684 valence electrons. The van der Waals surface area contributed by atoms with Crippen molar-refractivity contribution in [2.45, 2.75) is 89.4 Å². The molecule has 0 saturated heterocycles. The number of hydrogen-bond donors (Lipinski definition) is 17. The van der Waals surface area contributed by atoms with Crippen molar-refractivity contribution in [2.75, 3.05) is 175 Å². The van der Waals surface area contributed by atoms with Gasteiger partial charge < -0.3 is 142 Å². The van der Waals surface area contributed by atoms with E-state index < -0.39 is 59.3 Å². The monoisotopic (exact) mass is 1770 g/mol. The minimum atomic E-state index is -1.03. The topological polar surface area (TPSA) is 563 Å². The molecule has 5 heterocycles. The fourth-order valence-corrected chi connectivity index (χ4v) is 13.2. The van der Waals surface area contributed by atoms with Crippen molar-refractivity contribution >= 4 is 123 Å². The van der Waals surface area contributed by atoms with Gasteiger partial charge in [0.25, 0.3) is 23.6 Å². The Hall–Kier alpha value is -12.4. The number of imidazole rings is 2. The highest BCUT2D eigenvalue weighted by atomic mass is 35.5. The summed E-state index contributed by atoms with van der Waals surface area (Å²) in [5, 5.41) is 48.4. The lowest BCUT2D eigenvalue weighted by Crippen LogP contribution is -2.52. The van der Waals surface area contributed by atoms with Crippen molar-refractivity contribution in [1.29, 1.82) is 10.8 Å². The van der Waals surface area contributed by atoms with Crippen molar-refractivity contribution in [2.24, 2.45) is 45.4 Å². The largest absolute Gasteiger partial charge is 0.379 e. The molecule has 8 rings (SSSR count). The summed E-state index contributed by atoms with van der Waals surface area (Å²) in [6.45, 7) is 9.88. The minimum absolute atomic E-state index is 0.00419. The summed E-state index contributed by atoms with van der Waals surface area (Å²) in [6, 6.07) is 22.3. The number of anilines is 7. The summed E-state index contributed by atoms with van der Waals surface area (Å²) in [5.74, 6) is -5.17. The third kappa shape index (κ3) is 33.9. The number of nitrogens with two attached hydrogens (primary N) is 3. The molecule has 0 aliphatic carbocycles. The number of guanidine groups is 2. The first-order valence-electron chi connectivity index (χ1n) is 41.2. The van der Waals surface area contributed by atoms with Crippen LogP contribution < -0.4 is 85.9 Å². The zero-order valence-corrected chi connectivity index (χ0v) is 72.5. The molecule has 42 nitrogen and oxygen atoms in total. The molecule has 4 aromatic heterocycles. The Bertz CT molecular complexity index is 4770. The van der Waals surface area contributed by atoms with E-state index in [4.69, 9.17) is 77.5 Å². The number of nitrogens with zero attached hydrogens (tertiary/aromatic N) is 7. The first kappa shape index (κ1) is 99.0. The van der Waals surface area contributed by atoms with Crippen molar-refractivity contribution in [1.82, 2.24) is 60.1 Å². The Balaban J connectivity index is 0.584. The van der Waals surface area contributed by atoms with E-state index in [1.54, 1.807) is 38.8 Å². The molecular weight excluding hydrogens is 1660 g/mol. The normalized spacial score (nSPS) is 13.3. The first-order chi connectivity index (χ1) is 60.6. The van der Waals surface area contributed by atoms with Crippen molar-refractivity contribution in [3.05, 3.63) is 137 Å². The number of ether oxygens (including phenoxy) is 8. The maximum absolute atomic E-state index is 13.4. The smallest absolute Gasteiger partial charge is 0.291 e. The Morgan fingerprint density at radius 2 is 0.897 bits per heavy atom. The van der Waals surface area contributed by atoms with E-state index in [0.29, 0.717) is 128 Å². The second-order valence-electron chi connectivity index (χ2n) is 29.2. The number of amides is 10. The number of nitrogens with one attached hydrogen (secondary N) is 14. The molecule has 0 spiro atoms. The standard InChI is InChI=1S/C83H117ClN24O18/c1-53-45-65(95-58-18-14-57(84)15-19-58)62-46-56(13-20-66(62)108(53)54(2)109)55-11-16-59(17-12-55)96-73(112)23-29-119-31-33-121-35-37-123-39-41-125-43-44-126-42-40-124-38-36-122-34-32-120-30-28-92-79(116)68-48-61(50-105(68)4)98-81(118)75-103-70(52-107(75)6)101-72(111)22-27-91-78(115)67-47-60(49-104(67)3)97-80(117)74-102-69(51-106(74)5)100-71(110)21-26-90-77(114)64(10-8-25-94-83(88)89)99-76(113)63(85)9-7-24-93-82(86)87/h11-20,46-53,63-65,95H,7-10,21-45,85H2,1-6H3,(H,90,114)(H,91,115)(H,92,116)(H,96,112)(H,97,117)(H,98,118)(H,99,113)(H,100,110)(H,101,111)(H4,86,87,93)(H4,88,89,94)/t53-,63-,64-,65+/m0/s1. The highest BCUT2D eigenvalue weighted by Gasteiger charge is 2.34. The van der Waals surface area contributed by atoms with E-state index in [0.717, 1.165) is 34.5 Å². The third-order valence-electron chi connectivity index (χ3n) is 19.3. The maximum Gasteiger partial charge on any atom is 0.291 e. The van der Waals surface area contributed by atoms with Gasteiger partial charge in [-0.2, -0.15) is 0 Å². The number of aromatic nitrogens is 6. The molecule has 4 atom stereocenters. The van der Waals surface area contributed by atoms with E-state index in [1.807, 2.05) is 65.6 Å². The Morgan fingerprint density at radius 3 is 1.38 bits per heavy atom. The molecule has 0 bridgehead atoms. The van der Waals surface area contributed by atoms with E-state index in [-0.39, 0.29) is 148 Å². The summed E-state index contributed by atoms with van der Waals surface area (Å²) < 4.78 is 50.4. The molecule has 0 unspecified atom stereocenters. The summed E-state index contributed by atoms with van der Waals surface area (Å²) in [6.07, 6.45) is 7.61. The van der Waals surface area contributed by atoms with E-state index in [1.165, 1.54) is 51.5 Å². The van der Waals surface area contributed by atoms with E-state index >= 15 is 0 Å². The molecule has 3 aromatic carbocycles. The number of hydrogen-bond acceptors (Lipinski definition) is 24. The van der Waals surface area contributed by atoms with E-state index in [9.17, 15) is 47.9 Å². The fraction of sp³-hybridized carbons (Fsp3) is 0.470. The lowest BCUT2D eigenvalue weighted by Gasteiger charge is -2.39. The van der Waals surface area contributed by atoms with E-state index in [2.05, 4.69) is 86.8 Å². The van der Waals surface area contributed by atoms with Gasteiger partial charge >= 0.3 is 0 Å². The van der Waals surface area contributed by atoms with Gasteiger partial charge in [0.1, 0.15) is 17.4 Å². The summed E-state index contributed by atoms with van der Waals surface area (Å²) >= 11 is 6.14. The average Bonchev–Trinajstić information content (AvgIpc) is 0.941. The number of aryl methyl sites for hydroxylation is 4. The highest BCUT2D eigenvalue weighted by Crippen LogP contribution is 2.42. The lowest BCUT2D eigenvalue weighted by molar-refractivity contribution is -0.130. The highest BCUT2D eigenvalue weighted by molar-refractivity contribution is 6.30. The maximum atomic E-state index is 13.4. The molecule has 7 aromatic rings. The molecule has 43 heteroatoms. The van der Waals surface area contributed by atoms with Gasteiger partial charge in [0.15, 0.2) is 23.6 Å². The second kappa shape index (κ2) is 52.4. The van der Waals surface area contributed by atoms with Gasteiger partial charge in [0.05, 0.1) is 136 Å². The second-order valence-corrected chi connectivity index (χ2v) is 29.7. The number of rotatable bonds is 56. The average molecular weight is 1770 g/mol. The van der Waals surface area contributed by atoms with Gasteiger partial charge in [-0.25, -0.2) is 9.97 Å². The molecule has 0 radical (unpaired) electrons. The van der Waals surface area contributed by atoms with Gasteiger partial charge in [0, 0.05) is 134 Å². The predicted molar refractivity (Wildman–Crippen MR) is 472 cm³/mol. The number of fused-ring (bicyclic) bond motifs is 1. The Labute approximate surface area is 734 Å². The van der Waals surface area contributed by atoms with Crippen molar-refractivity contribution < 1.29 is 85.8 Å². The van der Waals surface area contributed by atoms with Crippen LogP contribution in [0.5, 0.6) is 0 Å². The molecule has 10 amide bonds. The van der Waals surface area contributed by atoms with Gasteiger partial charge in [-0.3, -0.25) is 58.8 Å². The summed E-state index contributed by atoms with van der Waals surface area (Å²) in [4.78, 5) is 141. The molecule has 1 aliphatic heterocycles. The number of benzene rings is 3. The zero-order chi connectivity index (χ0) is 90.9. The number of carbonyl (C=O) groups excluding carboxylic acids is 10. The Morgan fingerprint density at radius 1 is 0.460 bits per heavy atom. The third-order valence-corrected chi connectivity index (χ3v) is 19.5. The zero-order valence-electron chi connectivity index (χ0n) is 71.7. The van der Waals surface area contributed by atoms with Gasteiger partial charge in [0.2, 0.25) is 47.1 Å². The van der Waals surface area contributed by atoms with Crippen LogP contribution in [0.3, 0.4) is 0 Å². The van der Waals surface area contributed by atoms with Crippen LogP contribution >= 0.6 is 11.6 Å². The molecular formula is C83H117ClN24O18. The van der Waals surface area contributed by atoms with Crippen LogP contribution in [-0.2, 0) is 94.9 Å². The summed E-state index contributed by atoms with van der Waals surface area (Å²) in [5.41, 5.74) is 23.1. The van der Waals surface area contributed by atoms with Crippen LogP contribution in [0.4, 0.5) is 40.1 Å². The molecule has 20 N–H and O–H groups in total. The van der Waals surface area contributed by atoms with Gasteiger partial charge in [-0.1, -0.05) is 29.8 Å². The molecule has 1 aliphatic rings. The quantitative estimate of drug-likeness (QED) is 0.0148. The molecule has 0 saturated carbocycles. The predicted octanol–water partition coefficient (Wildman–Crippen LogP) is 3.39. The van der Waals surface area contributed by atoms with Gasteiger partial charge in [-0.15, -0.1) is 0 Å². The van der Waals surface area contributed by atoms with Crippen LogP contribution in [0, 0.1) is 10.8 Å². The van der Waals surface area contributed by atoms with Crippen LogP contribution in [0.25, 0.3) is 11.1 Å². The number of halogens is 1. The van der Waals surface area contributed by atoms with Gasteiger partial charge in [-0.05, 0) is 116 Å². The van der Waals surface area contributed by atoms with Crippen molar-refractivity contribution in [3.8, 4) is 11.1 Å². The summed E-state index contributed by atoms with van der Waals surface area (Å²) in [7, 11) is 6.32. The molecule has 126 heavy (non-hydrogen) atoms. The van der Waals surface area contributed by atoms with Crippen molar-refractivity contribution in [3.63, 3.8) is 0 Å². The van der Waals surface area contributed by atoms with Crippen LogP contribution in [0.1, 0.15) is 119 Å². The minimum Gasteiger partial charge on any atom is -0.379 e. The fourth-order valence-electron chi connectivity index (χ4n) is 13.0. The van der Waals surface area contributed by atoms with Crippen LogP contribution in [0.2, 0.25) is 5.02 Å². The molecule has 0 fully saturated rings. The van der Waals surface area contributed by atoms with Crippen LogP contribution in [-0.4, -0.2) is 256 Å². The number of carbonyl (C=O) groups is 10. The lowest BCUT2D eigenvalue weighted by atomic mass is 9.89. The SMILES string of the molecule is CC(=O)N1c2ccc(-c3ccc(NC(=O)CCOCCOCCOCCOCCOCCOCCOCCOCCNC(=O)c4cc(NC(=O)c5nc(NC(=O)CCNC(=O)c6cc(NC(=O)c7nc(NC(=O)CCNC(=O)[C@H](CCCNC(=N)N)NC(=O)[C@@H](N)CCCNC(=N)N)cn7C)cn6C)cn5C)cn4C)cc3)cc2[C@H](Nc2ccc(Cl)cc2)C[C@@H]1C. The first-order valence-corrected chi connectivity index (χ1v) is 41.6. The van der Waals surface area contributed by atoms with Crippen LogP contribution in [0.15, 0.2) is 104 Å². The Kier molecular flexibility index (Phi) is 41.2.